The van der Waals surface area contributed by atoms with Crippen molar-refractivity contribution in [1.82, 2.24) is 15.6 Å². The van der Waals surface area contributed by atoms with Crippen molar-refractivity contribution >= 4 is 17.2 Å². The van der Waals surface area contributed by atoms with Crippen molar-refractivity contribution in [2.24, 2.45) is 0 Å². The van der Waals surface area contributed by atoms with Gasteiger partial charge in [-0.1, -0.05) is 0 Å². The Bertz CT molecular complexity index is 324. The SMILES string of the molecule is CC(=O)NCCNC(C)c1scnc1C. The number of nitrogens with zero attached hydrogens (tertiary/aromatic N) is 1. The second kappa shape index (κ2) is 5.82. The van der Waals surface area contributed by atoms with Crippen LogP contribution < -0.4 is 10.6 Å². The molecular weight excluding hydrogens is 210 g/mol. The van der Waals surface area contributed by atoms with Crippen LogP contribution in [0.15, 0.2) is 5.51 Å². The van der Waals surface area contributed by atoms with E-state index in [1.54, 1.807) is 11.3 Å². The minimum atomic E-state index is 0.0124. The Hall–Kier alpha value is -0.940. The number of hydrogen-bond donors (Lipinski definition) is 2. The highest BCUT2D eigenvalue weighted by molar-refractivity contribution is 7.09. The number of hydrogen-bond acceptors (Lipinski definition) is 4. The molecule has 84 valence electrons. The molecule has 0 fully saturated rings. The molecule has 0 aliphatic heterocycles. The summed E-state index contributed by atoms with van der Waals surface area (Å²) in [5.74, 6) is 0.0124. The van der Waals surface area contributed by atoms with Crippen molar-refractivity contribution < 1.29 is 4.79 Å². The lowest BCUT2D eigenvalue weighted by Gasteiger charge is -2.12. The third-order valence-corrected chi connectivity index (χ3v) is 3.24. The van der Waals surface area contributed by atoms with E-state index in [1.165, 1.54) is 11.8 Å². The van der Waals surface area contributed by atoms with Gasteiger partial charge in [0.25, 0.3) is 0 Å². The summed E-state index contributed by atoms with van der Waals surface area (Å²) in [7, 11) is 0. The molecule has 5 heteroatoms. The van der Waals surface area contributed by atoms with Crippen LogP contribution >= 0.6 is 11.3 Å². The van der Waals surface area contributed by atoms with Crippen molar-refractivity contribution in [3.05, 3.63) is 16.1 Å². The molecule has 4 nitrogen and oxygen atoms in total. The summed E-state index contributed by atoms with van der Waals surface area (Å²) in [5.41, 5.74) is 2.94. The Kier molecular flexibility index (Phi) is 4.71. The molecule has 1 rings (SSSR count). The average molecular weight is 227 g/mol. The summed E-state index contributed by atoms with van der Waals surface area (Å²) < 4.78 is 0. The van der Waals surface area contributed by atoms with Crippen LogP contribution in [0.4, 0.5) is 0 Å². The van der Waals surface area contributed by atoms with Gasteiger partial charge in [-0.15, -0.1) is 11.3 Å². The number of rotatable bonds is 5. The number of nitrogens with one attached hydrogen (secondary N) is 2. The Labute approximate surface area is 94.1 Å². The highest BCUT2D eigenvalue weighted by Gasteiger charge is 2.09. The van der Waals surface area contributed by atoms with E-state index in [2.05, 4.69) is 22.5 Å². The maximum absolute atomic E-state index is 10.6. The van der Waals surface area contributed by atoms with Gasteiger partial charge in [-0.2, -0.15) is 0 Å². The molecule has 0 spiro atoms. The van der Waals surface area contributed by atoms with E-state index in [0.717, 1.165) is 12.2 Å². The van der Waals surface area contributed by atoms with Crippen LogP contribution in [0, 0.1) is 6.92 Å². The normalized spacial score (nSPS) is 12.5. The van der Waals surface area contributed by atoms with E-state index in [4.69, 9.17) is 0 Å². The van der Waals surface area contributed by atoms with E-state index < -0.39 is 0 Å². The zero-order chi connectivity index (χ0) is 11.3. The van der Waals surface area contributed by atoms with Gasteiger partial charge < -0.3 is 10.6 Å². The molecule has 0 saturated heterocycles. The van der Waals surface area contributed by atoms with Crippen LogP contribution in [-0.4, -0.2) is 24.0 Å². The summed E-state index contributed by atoms with van der Waals surface area (Å²) in [6.45, 7) is 7.08. The van der Waals surface area contributed by atoms with E-state index in [9.17, 15) is 4.79 Å². The maximum atomic E-state index is 10.6. The lowest BCUT2D eigenvalue weighted by molar-refractivity contribution is -0.118. The van der Waals surface area contributed by atoms with E-state index in [1.807, 2.05) is 12.4 Å². The molecule has 0 aliphatic rings. The summed E-state index contributed by atoms with van der Waals surface area (Å²) in [6.07, 6.45) is 0. The first-order valence-corrected chi connectivity index (χ1v) is 5.87. The van der Waals surface area contributed by atoms with Crippen LogP contribution in [0.1, 0.15) is 30.5 Å². The molecule has 0 radical (unpaired) electrons. The van der Waals surface area contributed by atoms with Gasteiger partial charge in [0.15, 0.2) is 0 Å². The molecule has 1 aromatic rings. The molecule has 1 heterocycles. The second-order valence-corrected chi connectivity index (χ2v) is 4.35. The van der Waals surface area contributed by atoms with Gasteiger partial charge in [0.2, 0.25) is 5.91 Å². The molecule has 0 aromatic carbocycles. The monoisotopic (exact) mass is 227 g/mol. The Morgan fingerprint density at radius 2 is 2.33 bits per heavy atom. The molecule has 0 aliphatic carbocycles. The largest absolute Gasteiger partial charge is 0.355 e. The Balaban J connectivity index is 2.28. The third kappa shape index (κ3) is 3.97. The van der Waals surface area contributed by atoms with Crippen LogP contribution in [0.2, 0.25) is 0 Å². The molecule has 2 N–H and O–H groups in total. The van der Waals surface area contributed by atoms with Crippen LogP contribution in [0.3, 0.4) is 0 Å². The number of aromatic nitrogens is 1. The second-order valence-electron chi connectivity index (χ2n) is 3.46. The predicted octanol–water partition coefficient (Wildman–Crippen LogP) is 1.24. The maximum Gasteiger partial charge on any atom is 0.216 e. The third-order valence-electron chi connectivity index (χ3n) is 2.13. The van der Waals surface area contributed by atoms with Crippen LogP contribution in [-0.2, 0) is 4.79 Å². The number of carbonyl (C=O) groups excluding carboxylic acids is 1. The predicted molar refractivity (Wildman–Crippen MR) is 62.0 cm³/mol. The number of carbonyl (C=O) groups is 1. The molecule has 0 saturated carbocycles. The van der Waals surface area contributed by atoms with Gasteiger partial charge in [0, 0.05) is 30.9 Å². The van der Waals surface area contributed by atoms with Crippen molar-refractivity contribution in [3.63, 3.8) is 0 Å². The first-order chi connectivity index (χ1) is 7.11. The van der Waals surface area contributed by atoms with Gasteiger partial charge in [0.05, 0.1) is 11.2 Å². The fourth-order valence-corrected chi connectivity index (χ4v) is 2.18. The van der Waals surface area contributed by atoms with Gasteiger partial charge in [-0.05, 0) is 13.8 Å². The molecular formula is C10H17N3OS. The van der Waals surface area contributed by atoms with Crippen molar-refractivity contribution in [1.29, 1.82) is 0 Å². The fraction of sp³-hybridized carbons (Fsp3) is 0.600. The summed E-state index contributed by atoms with van der Waals surface area (Å²) in [5, 5.41) is 6.08. The van der Waals surface area contributed by atoms with Gasteiger partial charge in [0.1, 0.15) is 0 Å². The van der Waals surface area contributed by atoms with Crippen LogP contribution in [0.25, 0.3) is 0 Å². The fourth-order valence-electron chi connectivity index (χ4n) is 1.35. The number of thiazole rings is 1. The van der Waals surface area contributed by atoms with E-state index in [0.29, 0.717) is 12.6 Å². The van der Waals surface area contributed by atoms with Crippen molar-refractivity contribution in [2.75, 3.05) is 13.1 Å². The molecule has 15 heavy (non-hydrogen) atoms. The molecule has 1 unspecified atom stereocenters. The number of amides is 1. The Morgan fingerprint density at radius 1 is 1.60 bits per heavy atom. The first kappa shape index (κ1) is 12.1. The molecule has 0 bridgehead atoms. The highest BCUT2D eigenvalue weighted by atomic mass is 32.1. The topological polar surface area (TPSA) is 54.0 Å². The van der Waals surface area contributed by atoms with Gasteiger partial charge in [-0.25, -0.2) is 4.98 Å². The smallest absolute Gasteiger partial charge is 0.216 e. The quantitative estimate of drug-likeness (QED) is 0.744. The average Bonchev–Trinajstić information content (AvgIpc) is 2.58. The molecule has 1 atom stereocenters. The van der Waals surface area contributed by atoms with E-state index in [-0.39, 0.29) is 5.91 Å². The highest BCUT2D eigenvalue weighted by Crippen LogP contribution is 2.20. The van der Waals surface area contributed by atoms with Gasteiger partial charge in [-0.3, -0.25) is 4.79 Å². The van der Waals surface area contributed by atoms with Crippen LogP contribution in [0.5, 0.6) is 0 Å². The zero-order valence-electron chi connectivity index (χ0n) is 9.33. The standard InChI is InChI=1S/C10H17N3OS/c1-7(10-8(2)13-6-15-10)11-4-5-12-9(3)14/h6-7,11H,4-5H2,1-3H3,(H,12,14). The van der Waals surface area contributed by atoms with Gasteiger partial charge >= 0.3 is 0 Å². The van der Waals surface area contributed by atoms with Crippen molar-refractivity contribution in [3.8, 4) is 0 Å². The van der Waals surface area contributed by atoms with Crippen molar-refractivity contribution in [2.45, 2.75) is 26.8 Å². The lowest BCUT2D eigenvalue weighted by Crippen LogP contribution is -2.31. The summed E-state index contributed by atoms with van der Waals surface area (Å²) >= 11 is 1.66. The molecule has 1 aromatic heterocycles. The minimum absolute atomic E-state index is 0.0124. The summed E-state index contributed by atoms with van der Waals surface area (Å²) in [6, 6.07) is 0.297. The first-order valence-electron chi connectivity index (χ1n) is 4.99. The lowest BCUT2D eigenvalue weighted by atomic mass is 10.2. The molecule has 1 amide bonds. The minimum Gasteiger partial charge on any atom is -0.355 e. The Morgan fingerprint density at radius 3 is 2.87 bits per heavy atom. The van der Waals surface area contributed by atoms with E-state index >= 15 is 0 Å². The number of aryl methyl sites for hydroxylation is 1. The zero-order valence-corrected chi connectivity index (χ0v) is 10.1. The summed E-state index contributed by atoms with van der Waals surface area (Å²) in [4.78, 5) is 16.1.